The van der Waals surface area contributed by atoms with Crippen LogP contribution < -0.4 is 4.72 Å². The molecule has 1 aromatic carbocycles. The van der Waals surface area contributed by atoms with Crippen LogP contribution >= 0.6 is 0 Å². The Morgan fingerprint density at radius 2 is 2.15 bits per heavy atom. The van der Waals surface area contributed by atoms with E-state index in [9.17, 15) is 13.2 Å². The van der Waals surface area contributed by atoms with E-state index in [2.05, 4.69) is 4.72 Å². The highest BCUT2D eigenvalue weighted by Crippen LogP contribution is 2.34. The predicted octanol–water partition coefficient (Wildman–Crippen LogP) is 2.24. The van der Waals surface area contributed by atoms with Crippen LogP contribution in [0.15, 0.2) is 29.2 Å². The summed E-state index contributed by atoms with van der Waals surface area (Å²) in [6, 6.07) is 5.34. The lowest BCUT2D eigenvalue weighted by molar-refractivity contribution is 0.0696. The van der Waals surface area contributed by atoms with Gasteiger partial charge in [0.05, 0.1) is 10.5 Å². The van der Waals surface area contributed by atoms with E-state index in [1.807, 2.05) is 6.92 Å². The lowest BCUT2D eigenvalue weighted by Gasteiger charge is -2.17. The van der Waals surface area contributed by atoms with Crippen LogP contribution in [0.3, 0.4) is 0 Å². The van der Waals surface area contributed by atoms with Crippen molar-refractivity contribution in [3.63, 3.8) is 0 Å². The van der Waals surface area contributed by atoms with E-state index in [0.29, 0.717) is 5.92 Å². The van der Waals surface area contributed by atoms with Crippen LogP contribution in [0.25, 0.3) is 0 Å². The van der Waals surface area contributed by atoms with Crippen molar-refractivity contribution in [3.05, 3.63) is 29.8 Å². The number of carboxylic acids is 1. The molecule has 1 aliphatic rings. The third-order valence-corrected chi connectivity index (χ3v) is 5.04. The molecule has 6 heteroatoms. The topological polar surface area (TPSA) is 83.5 Å². The van der Waals surface area contributed by atoms with Gasteiger partial charge in [0.1, 0.15) is 0 Å². The second-order valence-electron chi connectivity index (χ2n) is 5.24. The Morgan fingerprint density at radius 3 is 2.70 bits per heavy atom. The van der Waals surface area contributed by atoms with Gasteiger partial charge in [-0.25, -0.2) is 17.9 Å². The third-order valence-electron chi connectivity index (χ3n) is 3.52. The standard InChI is InChI=1S/C14H19NO4S/c1-2-12(8-10-6-7-10)15-20(18,19)13-5-3-4-11(9-13)14(16)17/h3-5,9-10,12,15H,2,6-8H2,1H3,(H,16,17). The van der Waals surface area contributed by atoms with Crippen molar-refractivity contribution in [2.45, 2.75) is 43.5 Å². The highest BCUT2D eigenvalue weighted by molar-refractivity contribution is 7.89. The van der Waals surface area contributed by atoms with E-state index in [1.165, 1.54) is 37.1 Å². The number of nitrogens with one attached hydrogen (secondary N) is 1. The van der Waals surface area contributed by atoms with Crippen LogP contribution in [0.2, 0.25) is 0 Å². The first-order chi connectivity index (χ1) is 9.42. The number of sulfonamides is 1. The van der Waals surface area contributed by atoms with E-state index in [-0.39, 0.29) is 16.5 Å². The SMILES string of the molecule is CCC(CC1CC1)NS(=O)(=O)c1cccc(C(=O)O)c1. The van der Waals surface area contributed by atoms with Gasteiger partial charge >= 0.3 is 5.97 Å². The molecule has 0 radical (unpaired) electrons. The molecule has 0 amide bonds. The Hall–Kier alpha value is -1.40. The number of hydrogen-bond donors (Lipinski definition) is 2. The summed E-state index contributed by atoms with van der Waals surface area (Å²) in [5.41, 5.74) is -0.0249. The highest BCUT2D eigenvalue weighted by atomic mass is 32.2. The van der Waals surface area contributed by atoms with E-state index in [0.717, 1.165) is 12.8 Å². The van der Waals surface area contributed by atoms with Crippen molar-refractivity contribution < 1.29 is 18.3 Å². The fourth-order valence-corrected chi connectivity index (χ4v) is 3.52. The largest absolute Gasteiger partial charge is 0.478 e. The van der Waals surface area contributed by atoms with Crippen LogP contribution in [0.5, 0.6) is 0 Å². The molecule has 2 rings (SSSR count). The van der Waals surface area contributed by atoms with Crippen molar-refractivity contribution in [2.24, 2.45) is 5.92 Å². The van der Waals surface area contributed by atoms with E-state index < -0.39 is 16.0 Å². The smallest absolute Gasteiger partial charge is 0.335 e. The van der Waals surface area contributed by atoms with Gasteiger partial charge in [0, 0.05) is 6.04 Å². The van der Waals surface area contributed by atoms with Crippen molar-refractivity contribution in [1.29, 1.82) is 0 Å². The van der Waals surface area contributed by atoms with Gasteiger partial charge in [-0.1, -0.05) is 25.8 Å². The number of carboxylic acid groups (broad SMARTS) is 1. The van der Waals surface area contributed by atoms with Crippen molar-refractivity contribution >= 4 is 16.0 Å². The fraction of sp³-hybridized carbons (Fsp3) is 0.500. The summed E-state index contributed by atoms with van der Waals surface area (Å²) in [6.45, 7) is 1.95. The maximum Gasteiger partial charge on any atom is 0.335 e. The summed E-state index contributed by atoms with van der Waals surface area (Å²) in [5.74, 6) is -0.500. The molecule has 0 aliphatic heterocycles. The Morgan fingerprint density at radius 1 is 1.45 bits per heavy atom. The molecule has 1 fully saturated rings. The molecule has 1 aromatic rings. The second-order valence-corrected chi connectivity index (χ2v) is 6.95. The van der Waals surface area contributed by atoms with Gasteiger partial charge < -0.3 is 5.11 Å². The van der Waals surface area contributed by atoms with Gasteiger partial charge in [-0.05, 0) is 37.0 Å². The van der Waals surface area contributed by atoms with Crippen LogP contribution in [0.4, 0.5) is 0 Å². The second kappa shape index (κ2) is 5.93. The van der Waals surface area contributed by atoms with E-state index >= 15 is 0 Å². The molecule has 2 N–H and O–H groups in total. The lowest BCUT2D eigenvalue weighted by Crippen LogP contribution is -2.34. The van der Waals surface area contributed by atoms with Crippen LogP contribution in [0.1, 0.15) is 43.0 Å². The molecule has 0 spiro atoms. The lowest BCUT2D eigenvalue weighted by atomic mass is 10.1. The fourth-order valence-electron chi connectivity index (χ4n) is 2.14. The van der Waals surface area contributed by atoms with Crippen LogP contribution in [-0.4, -0.2) is 25.5 Å². The minimum atomic E-state index is -3.66. The first-order valence-corrected chi connectivity index (χ1v) is 8.26. The quantitative estimate of drug-likeness (QED) is 0.808. The molecule has 1 atom stereocenters. The maximum atomic E-state index is 12.3. The van der Waals surface area contributed by atoms with Crippen LogP contribution in [0, 0.1) is 5.92 Å². The summed E-state index contributed by atoms with van der Waals surface area (Å²) in [5, 5.41) is 8.92. The molecule has 1 unspecified atom stereocenters. The zero-order valence-corrected chi connectivity index (χ0v) is 12.2. The molecule has 1 aliphatic carbocycles. The Kier molecular flexibility index (Phi) is 4.45. The first-order valence-electron chi connectivity index (χ1n) is 6.78. The minimum absolute atomic E-state index is 0.00615. The zero-order valence-electron chi connectivity index (χ0n) is 11.4. The molecule has 1 saturated carbocycles. The molecule has 20 heavy (non-hydrogen) atoms. The summed E-state index contributed by atoms with van der Waals surface area (Å²) < 4.78 is 27.2. The molecular formula is C14H19NO4S. The minimum Gasteiger partial charge on any atom is -0.478 e. The molecule has 5 nitrogen and oxygen atoms in total. The molecule has 0 heterocycles. The summed E-state index contributed by atoms with van der Waals surface area (Å²) in [6.07, 6.45) is 3.93. The highest BCUT2D eigenvalue weighted by Gasteiger charge is 2.27. The zero-order chi connectivity index (χ0) is 14.8. The van der Waals surface area contributed by atoms with Crippen LogP contribution in [-0.2, 0) is 10.0 Å². The average Bonchev–Trinajstić information content (AvgIpc) is 3.21. The Labute approximate surface area is 119 Å². The van der Waals surface area contributed by atoms with E-state index in [1.54, 1.807) is 0 Å². The molecule has 0 aromatic heterocycles. The van der Waals surface area contributed by atoms with Crippen molar-refractivity contribution in [3.8, 4) is 0 Å². The average molecular weight is 297 g/mol. The Balaban J connectivity index is 2.15. The number of benzene rings is 1. The number of aromatic carboxylic acids is 1. The van der Waals surface area contributed by atoms with Crippen molar-refractivity contribution in [2.75, 3.05) is 0 Å². The number of carbonyl (C=O) groups is 1. The predicted molar refractivity (Wildman–Crippen MR) is 75.1 cm³/mol. The van der Waals surface area contributed by atoms with Gasteiger partial charge in [-0.3, -0.25) is 0 Å². The van der Waals surface area contributed by atoms with Gasteiger partial charge in [0.2, 0.25) is 10.0 Å². The molecule has 0 saturated heterocycles. The summed E-state index contributed by atoms with van der Waals surface area (Å²) in [7, 11) is -3.66. The first kappa shape index (κ1) is 15.0. The molecule has 110 valence electrons. The monoisotopic (exact) mass is 297 g/mol. The van der Waals surface area contributed by atoms with Crippen molar-refractivity contribution in [1.82, 2.24) is 4.72 Å². The van der Waals surface area contributed by atoms with Gasteiger partial charge in [-0.2, -0.15) is 0 Å². The van der Waals surface area contributed by atoms with Gasteiger partial charge in [0.15, 0.2) is 0 Å². The van der Waals surface area contributed by atoms with Gasteiger partial charge in [0.25, 0.3) is 0 Å². The summed E-state index contributed by atoms with van der Waals surface area (Å²) >= 11 is 0. The summed E-state index contributed by atoms with van der Waals surface area (Å²) in [4.78, 5) is 10.9. The maximum absolute atomic E-state index is 12.3. The normalized spacial score (nSPS) is 16.9. The van der Waals surface area contributed by atoms with E-state index in [4.69, 9.17) is 5.11 Å². The molecular weight excluding hydrogens is 278 g/mol. The number of hydrogen-bond acceptors (Lipinski definition) is 3. The third kappa shape index (κ3) is 3.80. The Bertz CT molecular complexity index is 593. The molecule has 0 bridgehead atoms. The van der Waals surface area contributed by atoms with Gasteiger partial charge in [-0.15, -0.1) is 0 Å². The number of rotatable bonds is 7.